The van der Waals surface area contributed by atoms with Gasteiger partial charge in [0.1, 0.15) is 0 Å². The fourth-order valence-corrected chi connectivity index (χ4v) is 1.29. The minimum Gasteiger partial charge on any atom is -0.423 e. The van der Waals surface area contributed by atoms with Crippen molar-refractivity contribution in [2.24, 2.45) is 0 Å². The van der Waals surface area contributed by atoms with Gasteiger partial charge in [-0.2, -0.15) is 0 Å². The molecule has 1 heterocycles. The van der Waals surface area contributed by atoms with Crippen molar-refractivity contribution in [3.8, 4) is 0 Å². The van der Waals surface area contributed by atoms with Crippen LogP contribution in [0.25, 0.3) is 0 Å². The highest BCUT2D eigenvalue weighted by atomic mass is 16.7. The van der Waals surface area contributed by atoms with Crippen LogP contribution in [0.15, 0.2) is 0 Å². The first-order valence-corrected chi connectivity index (χ1v) is 4.99. The molecule has 1 rings (SSSR count). The number of ether oxygens (including phenoxy) is 2. The van der Waals surface area contributed by atoms with E-state index >= 15 is 0 Å². The van der Waals surface area contributed by atoms with E-state index in [4.69, 9.17) is 9.47 Å². The maximum Gasteiger partial charge on any atom is 0.309 e. The molecule has 0 radical (unpaired) electrons. The summed E-state index contributed by atoms with van der Waals surface area (Å²) in [5.74, 6) is -1.65. The van der Waals surface area contributed by atoms with E-state index in [9.17, 15) is 9.59 Å². The lowest BCUT2D eigenvalue weighted by Crippen LogP contribution is -2.35. The molecular formula is C10H16O4. The topological polar surface area (TPSA) is 52.6 Å². The van der Waals surface area contributed by atoms with E-state index in [2.05, 4.69) is 0 Å². The van der Waals surface area contributed by atoms with E-state index in [1.165, 1.54) is 0 Å². The number of rotatable bonds is 1. The Morgan fingerprint density at radius 2 is 1.57 bits per heavy atom. The molecule has 0 amide bonds. The quantitative estimate of drug-likeness (QED) is 0.605. The van der Waals surface area contributed by atoms with Crippen molar-refractivity contribution >= 4 is 11.9 Å². The largest absolute Gasteiger partial charge is 0.423 e. The monoisotopic (exact) mass is 200 g/mol. The molecule has 4 heteroatoms. The molecule has 1 aliphatic heterocycles. The molecule has 0 atom stereocenters. The van der Waals surface area contributed by atoms with Crippen molar-refractivity contribution in [3.05, 3.63) is 0 Å². The number of esters is 2. The lowest BCUT2D eigenvalue weighted by atomic mass is 10.2. The molecule has 0 spiro atoms. The molecule has 0 aromatic rings. The molecule has 4 nitrogen and oxygen atoms in total. The van der Waals surface area contributed by atoms with Crippen LogP contribution in [0.3, 0.4) is 0 Å². The van der Waals surface area contributed by atoms with Gasteiger partial charge in [-0.3, -0.25) is 9.59 Å². The van der Waals surface area contributed by atoms with Crippen LogP contribution >= 0.6 is 0 Å². The fourth-order valence-electron chi connectivity index (χ4n) is 1.29. The average molecular weight is 200 g/mol. The third-order valence-electron chi connectivity index (χ3n) is 2.31. The predicted molar refractivity (Wildman–Crippen MR) is 49.3 cm³/mol. The van der Waals surface area contributed by atoms with Crippen molar-refractivity contribution in [2.45, 2.75) is 51.7 Å². The second-order valence-corrected chi connectivity index (χ2v) is 3.64. The predicted octanol–water partition coefficient (Wildman–Crippen LogP) is 1.77. The Labute approximate surface area is 83.6 Å². The normalized spacial score (nSPS) is 22.7. The minimum absolute atomic E-state index is 0.288. The summed E-state index contributed by atoms with van der Waals surface area (Å²) < 4.78 is 10.2. The van der Waals surface area contributed by atoms with Gasteiger partial charge in [0.05, 0.1) is 0 Å². The van der Waals surface area contributed by atoms with Gasteiger partial charge in [-0.05, 0) is 12.8 Å². The highest BCUT2D eigenvalue weighted by Crippen LogP contribution is 2.21. The molecule has 0 aliphatic carbocycles. The molecule has 1 fully saturated rings. The van der Waals surface area contributed by atoms with Crippen LogP contribution in [0.1, 0.15) is 46.0 Å². The molecule has 0 aromatic carbocycles. The average Bonchev–Trinajstić information content (AvgIpc) is 2.16. The van der Waals surface area contributed by atoms with E-state index in [0.717, 1.165) is 0 Å². The minimum atomic E-state index is -1.07. The molecule has 0 N–H and O–H groups in total. The van der Waals surface area contributed by atoms with E-state index < -0.39 is 5.79 Å². The highest BCUT2D eigenvalue weighted by molar-refractivity contribution is 5.73. The summed E-state index contributed by atoms with van der Waals surface area (Å²) in [7, 11) is 0. The third kappa shape index (κ3) is 3.01. The zero-order chi connectivity index (χ0) is 10.6. The van der Waals surface area contributed by atoms with Crippen molar-refractivity contribution in [3.63, 3.8) is 0 Å². The summed E-state index contributed by atoms with van der Waals surface area (Å²) in [6, 6.07) is 0. The second kappa shape index (κ2) is 4.44. The smallest absolute Gasteiger partial charge is 0.309 e. The number of cyclic esters (lactones) is 2. The van der Waals surface area contributed by atoms with Gasteiger partial charge < -0.3 is 9.47 Å². The SMILES string of the molecule is CCC1(C)OC(=O)CCCCC(=O)O1. The van der Waals surface area contributed by atoms with Crippen molar-refractivity contribution in [1.29, 1.82) is 0 Å². The van der Waals surface area contributed by atoms with Crippen molar-refractivity contribution in [2.75, 3.05) is 0 Å². The summed E-state index contributed by atoms with van der Waals surface area (Å²) in [4.78, 5) is 22.5. The molecule has 1 saturated heterocycles. The Balaban J connectivity index is 2.71. The zero-order valence-corrected chi connectivity index (χ0v) is 8.67. The summed E-state index contributed by atoms with van der Waals surface area (Å²) >= 11 is 0. The highest BCUT2D eigenvalue weighted by Gasteiger charge is 2.31. The lowest BCUT2D eigenvalue weighted by molar-refractivity contribution is -0.222. The first-order valence-electron chi connectivity index (χ1n) is 4.99. The van der Waals surface area contributed by atoms with E-state index in [1.807, 2.05) is 6.92 Å². The van der Waals surface area contributed by atoms with Crippen molar-refractivity contribution < 1.29 is 19.1 Å². The Kier molecular flexibility index (Phi) is 3.49. The van der Waals surface area contributed by atoms with Gasteiger partial charge in [0.15, 0.2) is 0 Å². The molecular weight excluding hydrogens is 184 g/mol. The lowest BCUT2D eigenvalue weighted by Gasteiger charge is -2.27. The van der Waals surface area contributed by atoms with Gasteiger partial charge in [0.25, 0.3) is 5.79 Å². The van der Waals surface area contributed by atoms with Crippen LogP contribution in [0, 0.1) is 0 Å². The van der Waals surface area contributed by atoms with E-state index in [0.29, 0.717) is 32.1 Å². The summed E-state index contributed by atoms with van der Waals surface area (Å²) in [6.07, 6.45) is 2.59. The first-order chi connectivity index (χ1) is 6.56. The van der Waals surface area contributed by atoms with Crippen LogP contribution in [-0.2, 0) is 19.1 Å². The molecule has 1 aliphatic rings. The van der Waals surface area contributed by atoms with Crippen LogP contribution in [0.4, 0.5) is 0 Å². The molecule has 80 valence electrons. The number of hydrogen-bond donors (Lipinski definition) is 0. The van der Waals surface area contributed by atoms with Gasteiger partial charge in [-0.25, -0.2) is 0 Å². The maximum absolute atomic E-state index is 11.3. The van der Waals surface area contributed by atoms with E-state index in [-0.39, 0.29) is 11.9 Å². The summed E-state index contributed by atoms with van der Waals surface area (Å²) in [5, 5.41) is 0. The Bertz CT molecular complexity index is 214. The van der Waals surface area contributed by atoms with E-state index in [1.54, 1.807) is 6.92 Å². The Morgan fingerprint density at radius 1 is 1.14 bits per heavy atom. The van der Waals surface area contributed by atoms with Gasteiger partial charge in [0, 0.05) is 26.2 Å². The third-order valence-corrected chi connectivity index (χ3v) is 2.31. The Hall–Kier alpha value is -1.06. The molecule has 0 bridgehead atoms. The maximum atomic E-state index is 11.3. The van der Waals surface area contributed by atoms with Gasteiger partial charge in [0.2, 0.25) is 0 Å². The molecule has 14 heavy (non-hydrogen) atoms. The van der Waals surface area contributed by atoms with Crippen LogP contribution in [0.2, 0.25) is 0 Å². The number of carbonyl (C=O) groups excluding carboxylic acids is 2. The summed E-state index contributed by atoms with van der Waals surface area (Å²) in [5.41, 5.74) is 0. The Morgan fingerprint density at radius 3 is 1.93 bits per heavy atom. The summed E-state index contributed by atoms with van der Waals surface area (Å²) in [6.45, 7) is 3.44. The zero-order valence-electron chi connectivity index (χ0n) is 8.67. The van der Waals surface area contributed by atoms with Gasteiger partial charge >= 0.3 is 11.9 Å². The first kappa shape index (κ1) is 11.0. The number of hydrogen-bond acceptors (Lipinski definition) is 4. The van der Waals surface area contributed by atoms with Crippen LogP contribution in [-0.4, -0.2) is 17.7 Å². The van der Waals surface area contributed by atoms with Crippen LogP contribution < -0.4 is 0 Å². The molecule has 0 unspecified atom stereocenters. The number of carbonyl (C=O) groups is 2. The van der Waals surface area contributed by atoms with Crippen LogP contribution in [0.5, 0.6) is 0 Å². The van der Waals surface area contributed by atoms with Gasteiger partial charge in [-0.1, -0.05) is 6.92 Å². The molecule has 0 aromatic heterocycles. The standard InChI is InChI=1S/C10H16O4/c1-3-10(2)13-8(11)6-4-5-7-9(12)14-10/h3-7H2,1-2H3. The fraction of sp³-hybridized carbons (Fsp3) is 0.800. The van der Waals surface area contributed by atoms with Gasteiger partial charge in [-0.15, -0.1) is 0 Å². The van der Waals surface area contributed by atoms with Crippen molar-refractivity contribution in [1.82, 2.24) is 0 Å². The second-order valence-electron chi connectivity index (χ2n) is 3.64. The molecule has 0 saturated carbocycles.